The van der Waals surface area contributed by atoms with Gasteiger partial charge < -0.3 is 20.1 Å². The van der Waals surface area contributed by atoms with Crippen LogP contribution in [0.25, 0.3) is 10.9 Å². The zero-order valence-corrected chi connectivity index (χ0v) is 14.7. The van der Waals surface area contributed by atoms with Crippen molar-refractivity contribution >= 4 is 22.6 Å². The molecule has 0 spiro atoms. The summed E-state index contributed by atoms with van der Waals surface area (Å²) >= 11 is 0. The first-order chi connectivity index (χ1) is 12.8. The number of carbonyl (C=O) groups is 1. The fourth-order valence-electron chi connectivity index (χ4n) is 3.48. The monoisotopic (exact) mass is 349 g/mol. The number of hydrogen-bond acceptors (Lipinski definition) is 3. The second-order valence-electron chi connectivity index (χ2n) is 6.52. The first-order valence-electron chi connectivity index (χ1n) is 9.04. The van der Waals surface area contributed by atoms with Gasteiger partial charge in [-0.1, -0.05) is 18.2 Å². The van der Waals surface area contributed by atoms with Gasteiger partial charge in [0.1, 0.15) is 0 Å². The number of urea groups is 1. The van der Waals surface area contributed by atoms with Gasteiger partial charge in [-0.3, -0.25) is 4.98 Å². The molecule has 6 nitrogen and oxygen atoms in total. The first-order valence-corrected chi connectivity index (χ1v) is 9.04. The van der Waals surface area contributed by atoms with Gasteiger partial charge in [-0.2, -0.15) is 0 Å². The molecule has 2 aromatic heterocycles. The summed E-state index contributed by atoms with van der Waals surface area (Å²) in [6, 6.07) is 12.3. The van der Waals surface area contributed by atoms with Crippen LogP contribution in [0.5, 0.6) is 0 Å². The van der Waals surface area contributed by atoms with E-state index in [0.29, 0.717) is 6.54 Å². The van der Waals surface area contributed by atoms with E-state index >= 15 is 0 Å². The lowest BCUT2D eigenvalue weighted by Gasteiger charge is -2.36. The lowest BCUT2D eigenvalue weighted by atomic mass is 10.1. The molecule has 26 heavy (non-hydrogen) atoms. The average molecular weight is 349 g/mol. The highest BCUT2D eigenvalue weighted by molar-refractivity contribution is 5.83. The van der Waals surface area contributed by atoms with Gasteiger partial charge in [0.2, 0.25) is 0 Å². The largest absolute Gasteiger partial charge is 0.368 e. The number of fused-ring (bicyclic) bond motifs is 1. The Morgan fingerprint density at radius 1 is 1.08 bits per heavy atom. The van der Waals surface area contributed by atoms with Gasteiger partial charge in [0.05, 0.1) is 0 Å². The van der Waals surface area contributed by atoms with Crippen molar-refractivity contribution in [3.63, 3.8) is 0 Å². The molecule has 2 N–H and O–H groups in total. The molecular weight excluding hydrogens is 326 g/mol. The molecule has 1 aliphatic heterocycles. The van der Waals surface area contributed by atoms with Crippen LogP contribution in [0.4, 0.5) is 10.5 Å². The van der Waals surface area contributed by atoms with Gasteiger partial charge in [0.15, 0.2) is 0 Å². The predicted molar refractivity (Wildman–Crippen MR) is 103 cm³/mol. The van der Waals surface area contributed by atoms with Crippen molar-refractivity contribution in [3.05, 3.63) is 60.6 Å². The van der Waals surface area contributed by atoms with Crippen molar-refractivity contribution in [1.29, 1.82) is 0 Å². The van der Waals surface area contributed by atoms with Crippen molar-refractivity contribution in [2.45, 2.75) is 6.42 Å². The number of nitrogens with one attached hydrogen (secondary N) is 2. The van der Waals surface area contributed by atoms with E-state index in [2.05, 4.69) is 32.3 Å². The van der Waals surface area contributed by atoms with Crippen molar-refractivity contribution in [3.8, 4) is 0 Å². The first kappa shape index (κ1) is 16.4. The average Bonchev–Trinajstić information content (AvgIpc) is 3.12. The number of anilines is 1. The third-order valence-electron chi connectivity index (χ3n) is 4.94. The van der Waals surface area contributed by atoms with Crippen LogP contribution >= 0.6 is 0 Å². The Bertz CT molecular complexity index is 868. The van der Waals surface area contributed by atoms with Gasteiger partial charge >= 0.3 is 6.03 Å². The fourth-order valence-corrected chi connectivity index (χ4v) is 3.48. The molecule has 1 saturated heterocycles. The number of nitrogens with zero attached hydrogens (tertiary/aromatic N) is 3. The molecule has 0 radical (unpaired) electrons. The number of benzene rings is 1. The number of aromatic nitrogens is 2. The Labute approximate surface area is 152 Å². The van der Waals surface area contributed by atoms with Crippen molar-refractivity contribution in [1.82, 2.24) is 20.2 Å². The Kier molecular flexibility index (Phi) is 4.73. The molecule has 2 amide bonds. The van der Waals surface area contributed by atoms with E-state index in [1.54, 1.807) is 12.4 Å². The van der Waals surface area contributed by atoms with Gasteiger partial charge in [-0.25, -0.2) is 4.79 Å². The maximum absolute atomic E-state index is 12.4. The third kappa shape index (κ3) is 3.49. The molecule has 134 valence electrons. The van der Waals surface area contributed by atoms with Crippen molar-refractivity contribution in [2.75, 3.05) is 37.6 Å². The Morgan fingerprint density at radius 2 is 1.85 bits per heavy atom. The fraction of sp³-hybridized carbons (Fsp3) is 0.300. The van der Waals surface area contributed by atoms with Crippen LogP contribution < -0.4 is 10.2 Å². The van der Waals surface area contributed by atoms with Crippen LogP contribution in [-0.2, 0) is 6.42 Å². The van der Waals surface area contributed by atoms with E-state index in [0.717, 1.165) is 38.1 Å². The van der Waals surface area contributed by atoms with Crippen molar-refractivity contribution < 1.29 is 4.79 Å². The molecule has 0 saturated carbocycles. The summed E-state index contributed by atoms with van der Waals surface area (Å²) in [6.45, 7) is 3.81. The quantitative estimate of drug-likeness (QED) is 0.761. The number of hydrogen-bond donors (Lipinski definition) is 2. The molecule has 1 aliphatic rings. The standard InChI is InChI=1S/C20H23N5O/c26-20(22-10-5-16-15-23-19-4-2-1-3-18(16)19)25-13-11-24(12-14-25)17-6-8-21-9-7-17/h1-4,6-9,15,23H,5,10-14H2,(H,22,26). The zero-order valence-electron chi connectivity index (χ0n) is 14.7. The third-order valence-corrected chi connectivity index (χ3v) is 4.94. The second-order valence-corrected chi connectivity index (χ2v) is 6.52. The molecule has 3 heterocycles. The molecule has 1 aromatic carbocycles. The van der Waals surface area contributed by atoms with E-state index in [1.807, 2.05) is 35.4 Å². The van der Waals surface area contributed by atoms with E-state index in [1.165, 1.54) is 16.6 Å². The van der Waals surface area contributed by atoms with E-state index < -0.39 is 0 Å². The summed E-state index contributed by atoms with van der Waals surface area (Å²) < 4.78 is 0. The van der Waals surface area contributed by atoms with Gasteiger partial charge in [-0.05, 0) is 30.2 Å². The predicted octanol–water partition coefficient (Wildman–Crippen LogP) is 2.64. The van der Waals surface area contributed by atoms with E-state index in [9.17, 15) is 4.79 Å². The number of H-pyrrole nitrogens is 1. The summed E-state index contributed by atoms with van der Waals surface area (Å²) in [7, 11) is 0. The minimum Gasteiger partial charge on any atom is -0.368 e. The molecule has 6 heteroatoms. The minimum absolute atomic E-state index is 0.0271. The molecular formula is C20H23N5O. The second kappa shape index (κ2) is 7.47. The molecule has 0 bridgehead atoms. The Hall–Kier alpha value is -3.02. The molecule has 0 unspecified atom stereocenters. The molecule has 0 aliphatic carbocycles. The Balaban J connectivity index is 1.26. The lowest BCUT2D eigenvalue weighted by molar-refractivity contribution is 0.194. The van der Waals surface area contributed by atoms with Crippen LogP contribution in [0.1, 0.15) is 5.56 Å². The number of amides is 2. The van der Waals surface area contributed by atoms with Crippen LogP contribution in [0.2, 0.25) is 0 Å². The maximum Gasteiger partial charge on any atom is 0.317 e. The number of carbonyl (C=O) groups excluding carboxylic acids is 1. The lowest BCUT2D eigenvalue weighted by Crippen LogP contribution is -2.52. The van der Waals surface area contributed by atoms with Crippen molar-refractivity contribution in [2.24, 2.45) is 0 Å². The highest BCUT2D eigenvalue weighted by Crippen LogP contribution is 2.18. The van der Waals surface area contributed by atoms with E-state index in [-0.39, 0.29) is 6.03 Å². The zero-order chi connectivity index (χ0) is 17.8. The summed E-state index contributed by atoms with van der Waals surface area (Å²) in [5, 5.41) is 4.28. The molecule has 4 rings (SSSR count). The van der Waals surface area contributed by atoms with Crippen LogP contribution in [0.3, 0.4) is 0 Å². The normalized spacial score (nSPS) is 14.6. The Morgan fingerprint density at radius 3 is 2.65 bits per heavy atom. The smallest absolute Gasteiger partial charge is 0.317 e. The number of piperazine rings is 1. The SMILES string of the molecule is O=C(NCCc1c[nH]c2ccccc12)N1CCN(c2ccncc2)CC1. The molecule has 1 fully saturated rings. The number of para-hydroxylation sites is 1. The van der Waals surface area contributed by atoms with Gasteiger partial charge in [0.25, 0.3) is 0 Å². The topological polar surface area (TPSA) is 64.3 Å². The number of pyridine rings is 1. The summed E-state index contributed by atoms with van der Waals surface area (Å²) in [6.07, 6.45) is 6.47. The summed E-state index contributed by atoms with van der Waals surface area (Å²) in [5.41, 5.74) is 3.55. The van der Waals surface area contributed by atoms with Crippen LogP contribution in [0, 0.1) is 0 Å². The molecule has 3 aromatic rings. The van der Waals surface area contributed by atoms with E-state index in [4.69, 9.17) is 0 Å². The summed E-state index contributed by atoms with van der Waals surface area (Å²) in [4.78, 5) is 23.9. The summed E-state index contributed by atoms with van der Waals surface area (Å²) in [5.74, 6) is 0. The van der Waals surface area contributed by atoms with Gasteiger partial charge in [-0.15, -0.1) is 0 Å². The highest BCUT2D eigenvalue weighted by atomic mass is 16.2. The minimum atomic E-state index is 0.0271. The van der Waals surface area contributed by atoms with Crippen LogP contribution in [0.15, 0.2) is 55.0 Å². The van der Waals surface area contributed by atoms with Crippen LogP contribution in [-0.4, -0.2) is 53.6 Å². The van der Waals surface area contributed by atoms with Gasteiger partial charge in [0, 0.05) is 67.9 Å². The maximum atomic E-state index is 12.4. The number of aromatic amines is 1. The molecule has 0 atom stereocenters. The number of rotatable bonds is 4. The highest BCUT2D eigenvalue weighted by Gasteiger charge is 2.20.